The summed E-state index contributed by atoms with van der Waals surface area (Å²) in [7, 11) is 0. The highest BCUT2D eigenvalue weighted by molar-refractivity contribution is 6.48. The average molecular weight is 482 g/mol. The second-order valence-corrected chi connectivity index (χ2v) is 7.71. The first-order chi connectivity index (χ1) is 12.7. The Labute approximate surface area is 184 Å². The number of rotatable bonds is 3. The first kappa shape index (κ1) is 20.5. The van der Waals surface area contributed by atoms with Gasteiger partial charge >= 0.3 is 5.97 Å². The first-order valence-electron chi connectivity index (χ1n) is 7.24. The fourth-order valence-electron chi connectivity index (χ4n) is 2.58. The lowest BCUT2D eigenvalue weighted by molar-refractivity contribution is 0.0697. The third kappa shape index (κ3) is 3.73. The number of aromatic nitrogens is 1. The van der Waals surface area contributed by atoms with Gasteiger partial charge in [0, 0.05) is 22.9 Å². The second-order valence-electron chi connectivity index (χ2n) is 5.32. The zero-order valence-corrected chi connectivity index (χ0v) is 17.6. The Morgan fingerprint density at radius 1 is 0.704 bits per heavy atom. The molecular weight excluding hydrogens is 475 g/mol. The van der Waals surface area contributed by atoms with Gasteiger partial charge in [-0.25, -0.2) is 4.79 Å². The highest BCUT2D eigenvalue weighted by Crippen LogP contribution is 2.47. The number of nitrogens with zero attached hydrogens (tertiary/aromatic N) is 1. The molecule has 3 nitrogen and oxygen atoms in total. The number of carbonyl (C=O) groups is 1. The van der Waals surface area contributed by atoms with Crippen LogP contribution in [0.5, 0.6) is 0 Å². The van der Waals surface area contributed by atoms with Crippen LogP contribution in [0.1, 0.15) is 10.4 Å². The molecule has 0 fully saturated rings. The number of benzene rings is 2. The lowest BCUT2D eigenvalue weighted by atomic mass is 9.94. The van der Waals surface area contributed by atoms with E-state index < -0.39 is 5.97 Å². The van der Waals surface area contributed by atoms with E-state index in [4.69, 9.17) is 69.6 Å². The molecule has 0 saturated carbocycles. The topological polar surface area (TPSA) is 50.2 Å². The number of pyridine rings is 1. The molecule has 0 atom stereocenters. The number of hydrogen-bond acceptors (Lipinski definition) is 2. The van der Waals surface area contributed by atoms with E-state index in [1.807, 2.05) is 0 Å². The molecule has 3 rings (SSSR count). The number of halogens is 6. The number of carboxylic acid groups (broad SMARTS) is 1. The van der Waals surface area contributed by atoms with Gasteiger partial charge in [-0.1, -0.05) is 69.6 Å². The number of aromatic carboxylic acids is 1. The van der Waals surface area contributed by atoms with Gasteiger partial charge in [0.2, 0.25) is 0 Å². The molecule has 0 saturated heterocycles. The van der Waals surface area contributed by atoms with Gasteiger partial charge in [-0.05, 0) is 30.3 Å². The van der Waals surface area contributed by atoms with Gasteiger partial charge < -0.3 is 5.11 Å². The molecule has 0 aliphatic heterocycles. The van der Waals surface area contributed by atoms with Crippen LogP contribution in [0.15, 0.2) is 36.5 Å². The Hall–Kier alpha value is -1.20. The van der Waals surface area contributed by atoms with Crippen molar-refractivity contribution in [3.8, 4) is 22.4 Å². The molecule has 0 spiro atoms. The van der Waals surface area contributed by atoms with Crippen LogP contribution in [0.4, 0.5) is 0 Å². The monoisotopic (exact) mass is 479 g/mol. The summed E-state index contributed by atoms with van der Waals surface area (Å²) >= 11 is 37.6. The van der Waals surface area contributed by atoms with Gasteiger partial charge in [0.15, 0.2) is 0 Å². The second kappa shape index (κ2) is 8.04. The molecule has 9 heteroatoms. The van der Waals surface area contributed by atoms with Crippen LogP contribution in [-0.4, -0.2) is 16.1 Å². The van der Waals surface area contributed by atoms with Gasteiger partial charge in [-0.15, -0.1) is 0 Å². The zero-order chi connectivity index (χ0) is 19.9. The van der Waals surface area contributed by atoms with Crippen molar-refractivity contribution in [3.05, 3.63) is 72.2 Å². The van der Waals surface area contributed by atoms with Crippen LogP contribution in [0.3, 0.4) is 0 Å². The largest absolute Gasteiger partial charge is 0.478 e. The molecular formula is C18H7Cl6NO2. The molecule has 1 heterocycles. The molecule has 0 unspecified atom stereocenters. The van der Waals surface area contributed by atoms with Crippen molar-refractivity contribution in [1.82, 2.24) is 4.98 Å². The summed E-state index contributed by atoms with van der Waals surface area (Å²) in [4.78, 5) is 16.2. The molecule has 1 N–H and O–H groups in total. The van der Waals surface area contributed by atoms with Crippen molar-refractivity contribution < 1.29 is 9.90 Å². The van der Waals surface area contributed by atoms with Crippen molar-refractivity contribution >= 4 is 75.6 Å². The number of hydrogen-bond donors (Lipinski definition) is 1. The minimum absolute atomic E-state index is 0.0789. The van der Waals surface area contributed by atoms with Gasteiger partial charge in [-0.2, -0.15) is 0 Å². The van der Waals surface area contributed by atoms with Gasteiger partial charge in [-0.3, -0.25) is 4.98 Å². The molecule has 27 heavy (non-hydrogen) atoms. The van der Waals surface area contributed by atoms with E-state index >= 15 is 0 Å². The highest BCUT2D eigenvalue weighted by Gasteiger charge is 2.26. The Bertz CT molecular complexity index is 1080. The molecule has 138 valence electrons. The summed E-state index contributed by atoms with van der Waals surface area (Å²) in [5, 5.41) is 10.8. The minimum Gasteiger partial charge on any atom is -0.478 e. The van der Waals surface area contributed by atoms with Crippen LogP contribution in [0.25, 0.3) is 22.4 Å². The van der Waals surface area contributed by atoms with Crippen LogP contribution in [0, 0.1) is 0 Å². The van der Waals surface area contributed by atoms with Gasteiger partial charge in [0.25, 0.3) is 0 Å². The summed E-state index contributed by atoms with van der Waals surface area (Å²) in [6.07, 6.45) is 1.32. The molecule has 0 radical (unpaired) electrons. The fraction of sp³-hybridized carbons (Fsp3) is 0. The summed E-state index contributed by atoms with van der Waals surface area (Å²) < 4.78 is 0. The predicted octanol–water partition coefficient (Wildman–Crippen LogP) is 8.03. The number of carboxylic acids is 1. The molecule has 0 amide bonds. The summed E-state index contributed by atoms with van der Waals surface area (Å²) in [6.45, 7) is 0. The lowest BCUT2D eigenvalue weighted by Gasteiger charge is -2.17. The predicted molar refractivity (Wildman–Crippen MR) is 112 cm³/mol. The molecule has 1 aromatic heterocycles. The van der Waals surface area contributed by atoms with E-state index in [1.165, 1.54) is 36.5 Å². The third-order valence-electron chi connectivity index (χ3n) is 3.76. The molecule has 0 aliphatic carbocycles. The summed E-state index contributed by atoms with van der Waals surface area (Å²) in [5.41, 5.74) is 0.666. The van der Waals surface area contributed by atoms with Crippen molar-refractivity contribution in [2.75, 3.05) is 0 Å². The Balaban J connectivity index is 2.52. The average Bonchev–Trinajstić information content (AvgIpc) is 2.62. The van der Waals surface area contributed by atoms with Crippen LogP contribution in [-0.2, 0) is 0 Å². The van der Waals surface area contributed by atoms with E-state index in [0.29, 0.717) is 0 Å². The lowest BCUT2D eigenvalue weighted by Crippen LogP contribution is -2.04. The third-order valence-corrected chi connectivity index (χ3v) is 5.99. The standard InChI is InChI=1S/C18H7Cl6NO2/c19-8-1-3-10(21)15(23)13(8)12-7(18(26)27)5-6-25-17(12)14-9(20)2-4-11(22)16(14)24/h1-6H,(H,26,27). The van der Waals surface area contributed by atoms with Crippen molar-refractivity contribution in [2.24, 2.45) is 0 Å². The van der Waals surface area contributed by atoms with Gasteiger partial charge in [0.1, 0.15) is 0 Å². The smallest absolute Gasteiger partial charge is 0.336 e. The molecule has 0 bridgehead atoms. The molecule has 0 aliphatic rings. The Morgan fingerprint density at radius 3 is 1.74 bits per heavy atom. The Kier molecular flexibility index (Phi) is 6.11. The summed E-state index contributed by atoms with van der Waals surface area (Å²) in [5.74, 6) is -1.21. The maximum absolute atomic E-state index is 11.9. The van der Waals surface area contributed by atoms with Crippen molar-refractivity contribution in [1.29, 1.82) is 0 Å². The van der Waals surface area contributed by atoms with E-state index in [2.05, 4.69) is 4.98 Å². The fourth-order valence-corrected chi connectivity index (χ4v) is 4.01. The SMILES string of the molecule is O=C(O)c1ccnc(-c2c(Cl)ccc(Cl)c2Cl)c1-c1c(Cl)ccc(Cl)c1Cl. The molecule has 2 aromatic carbocycles. The van der Waals surface area contributed by atoms with Crippen molar-refractivity contribution in [2.45, 2.75) is 0 Å². The zero-order valence-electron chi connectivity index (χ0n) is 13.0. The highest BCUT2D eigenvalue weighted by atomic mass is 35.5. The van der Waals surface area contributed by atoms with Crippen LogP contribution >= 0.6 is 69.6 Å². The maximum atomic E-state index is 11.9. The van der Waals surface area contributed by atoms with E-state index in [1.54, 1.807) is 0 Å². The maximum Gasteiger partial charge on any atom is 0.336 e. The molecule has 3 aromatic rings. The van der Waals surface area contributed by atoms with E-state index in [9.17, 15) is 9.90 Å². The minimum atomic E-state index is -1.21. The summed E-state index contributed by atoms with van der Waals surface area (Å²) in [6, 6.07) is 7.39. The van der Waals surface area contributed by atoms with Crippen LogP contribution in [0.2, 0.25) is 30.1 Å². The van der Waals surface area contributed by atoms with Crippen LogP contribution < -0.4 is 0 Å². The van der Waals surface area contributed by atoms with Gasteiger partial charge in [0.05, 0.1) is 41.4 Å². The van der Waals surface area contributed by atoms with E-state index in [0.717, 1.165) is 0 Å². The Morgan fingerprint density at radius 2 is 1.19 bits per heavy atom. The normalized spacial score (nSPS) is 10.9. The first-order valence-corrected chi connectivity index (χ1v) is 9.50. The van der Waals surface area contributed by atoms with E-state index in [-0.39, 0.29) is 58.1 Å². The quantitative estimate of drug-likeness (QED) is 0.385. The van der Waals surface area contributed by atoms with Crippen molar-refractivity contribution in [3.63, 3.8) is 0 Å².